The third kappa shape index (κ3) is 4.58. The maximum atomic E-state index is 12.0. The zero-order chi connectivity index (χ0) is 13.4. The van der Waals surface area contributed by atoms with Crippen LogP contribution in [0.25, 0.3) is 0 Å². The molecule has 1 aliphatic heterocycles. The molecule has 4 nitrogen and oxygen atoms in total. The Kier molecular flexibility index (Phi) is 7.28. The molecule has 1 rings (SSSR count). The van der Waals surface area contributed by atoms with Gasteiger partial charge in [0.15, 0.2) is 0 Å². The Morgan fingerprint density at radius 1 is 1.39 bits per heavy atom. The van der Waals surface area contributed by atoms with Crippen molar-refractivity contribution in [3.8, 4) is 0 Å². The minimum absolute atomic E-state index is 0.121. The molecule has 0 aliphatic carbocycles. The smallest absolute Gasteiger partial charge is 0.323 e. The lowest BCUT2D eigenvalue weighted by Crippen LogP contribution is -2.46. The van der Waals surface area contributed by atoms with Crippen LogP contribution in [0.4, 0.5) is 0 Å². The molecule has 0 bridgehead atoms. The number of esters is 1. The van der Waals surface area contributed by atoms with Crippen molar-refractivity contribution >= 4 is 5.97 Å². The van der Waals surface area contributed by atoms with Gasteiger partial charge in [0.25, 0.3) is 0 Å². The minimum atomic E-state index is -0.191. The zero-order valence-electron chi connectivity index (χ0n) is 11.9. The fourth-order valence-electron chi connectivity index (χ4n) is 2.50. The zero-order valence-corrected chi connectivity index (χ0v) is 11.9. The molecule has 2 unspecified atom stereocenters. The summed E-state index contributed by atoms with van der Waals surface area (Å²) in [5.41, 5.74) is 0. The molecule has 0 radical (unpaired) electrons. The minimum Gasteiger partial charge on any atom is -0.465 e. The molecule has 0 saturated carbocycles. The van der Waals surface area contributed by atoms with E-state index in [1.807, 2.05) is 6.92 Å². The van der Waals surface area contributed by atoms with Gasteiger partial charge in [0.05, 0.1) is 12.7 Å². The summed E-state index contributed by atoms with van der Waals surface area (Å²) in [6.45, 7) is 8.13. The molecule has 18 heavy (non-hydrogen) atoms. The van der Waals surface area contributed by atoms with Crippen molar-refractivity contribution < 1.29 is 14.3 Å². The van der Waals surface area contributed by atoms with E-state index in [2.05, 4.69) is 19.2 Å². The number of rotatable bonds is 8. The molecule has 4 heteroatoms. The molecule has 1 aliphatic rings. The fraction of sp³-hybridized carbons (Fsp3) is 0.929. The normalized spacial score (nSPS) is 21.2. The Morgan fingerprint density at radius 3 is 2.61 bits per heavy atom. The van der Waals surface area contributed by atoms with Crippen LogP contribution in [0.5, 0.6) is 0 Å². The first kappa shape index (κ1) is 15.4. The predicted octanol–water partition coefficient (Wildman–Crippen LogP) is 2.12. The van der Waals surface area contributed by atoms with Crippen LogP contribution >= 0.6 is 0 Å². The molecule has 1 N–H and O–H groups in total. The topological polar surface area (TPSA) is 47.6 Å². The van der Waals surface area contributed by atoms with Crippen molar-refractivity contribution in [3.63, 3.8) is 0 Å². The van der Waals surface area contributed by atoms with E-state index in [-0.39, 0.29) is 18.1 Å². The average Bonchev–Trinajstić information content (AvgIpc) is 2.87. The number of hydrogen-bond donors (Lipinski definition) is 1. The summed E-state index contributed by atoms with van der Waals surface area (Å²) in [5, 5.41) is 3.35. The van der Waals surface area contributed by atoms with E-state index < -0.39 is 0 Å². The molecular weight excluding hydrogens is 230 g/mol. The second kappa shape index (κ2) is 8.48. The predicted molar refractivity (Wildman–Crippen MR) is 71.5 cm³/mol. The van der Waals surface area contributed by atoms with Crippen molar-refractivity contribution in [1.29, 1.82) is 0 Å². The Labute approximate surface area is 110 Å². The van der Waals surface area contributed by atoms with E-state index in [0.717, 1.165) is 38.8 Å². The van der Waals surface area contributed by atoms with Gasteiger partial charge < -0.3 is 14.8 Å². The van der Waals surface area contributed by atoms with Gasteiger partial charge in [-0.05, 0) is 25.7 Å². The van der Waals surface area contributed by atoms with Gasteiger partial charge in [-0.1, -0.05) is 26.7 Å². The van der Waals surface area contributed by atoms with Gasteiger partial charge in [-0.15, -0.1) is 0 Å². The standard InChI is InChI=1S/C14H27NO3/c1-4-11(5-2)13(14(16)17-6-3)15-10-12-8-7-9-18-12/h11-13,15H,4-10H2,1-3H3. The maximum Gasteiger partial charge on any atom is 0.323 e. The van der Waals surface area contributed by atoms with E-state index in [9.17, 15) is 4.79 Å². The van der Waals surface area contributed by atoms with Gasteiger partial charge in [-0.25, -0.2) is 0 Å². The highest BCUT2D eigenvalue weighted by atomic mass is 16.5. The molecule has 106 valence electrons. The number of ether oxygens (including phenoxy) is 2. The van der Waals surface area contributed by atoms with Gasteiger partial charge in [-0.3, -0.25) is 4.79 Å². The van der Waals surface area contributed by atoms with E-state index in [1.54, 1.807) is 0 Å². The van der Waals surface area contributed by atoms with Crippen molar-refractivity contribution in [2.45, 2.75) is 58.6 Å². The highest BCUT2D eigenvalue weighted by Gasteiger charge is 2.28. The van der Waals surface area contributed by atoms with Crippen molar-refractivity contribution in [1.82, 2.24) is 5.32 Å². The Morgan fingerprint density at radius 2 is 2.11 bits per heavy atom. The van der Waals surface area contributed by atoms with Crippen molar-refractivity contribution in [2.24, 2.45) is 5.92 Å². The second-order valence-electron chi connectivity index (χ2n) is 4.85. The fourth-order valence-corrected chi connectivity index (χ4v) is 2.50. The van der Waals surface area contributed by atoms with Gasteiger partial charge in [-0.2, -0.15) is 0 Å². The Hall–Kier alpha value is -0.610. The van der Waals surface area contributed by atoms with Gasteiger partial charge in [0.2, 0.25) is 0 Å². The van der Waals surface area contributed by atoms with E-state index >= 15 is 0 Å². The average molecular weight is 257 g/mol. The van der Waals surface area contributed by atoms with Gasteiger partial charge in [0, 0.05) is 13.2 Å². The molecule has 0 aromatic rings. The van der Waals surface area contributed by atoms with Crippen LogP contribution < -0.4 is 5.32 Å². The monoisotopic (exact) mass is 257 g/mol. The Balaban J connectivity index is 2.49. The molecule has 0 amide bonds. The van der Waals surface area contributed by atoms with Gasteiger partial charge >= 0.3 is 5.97 Å². The molecule has 2 atom stereocenters. The van der Waals surface area contributed by atoms with Crippen LogP contribution in [0.2, 0.25) is 0 Å². The molecule has 1 fully saturated rings. The Bertz CT molecular complexity index is 235. The second-order valence-corrected chi connectivity index (χ2v) is 4.85. The summed E-state index contributed by atoms with van der Waals surface area (Å²) in [6.07, 6.45) is 4.44. The lowest BCUT2D eigenvalue weighted by atomic mass is 9.94. The lowest BCUT2D eigenvalue weighted by Gasteiger charge is -2.25. The molecule has 0 aromatic carbocycles. The maximum absolute atomic E-state index is 12.0. The van der Waals surface area contributed by atoms with Crippen molar-refractivity contribution in [2.75, 3.05) is 19.8 Å². The summed E-state index contributed by atoms with van der Waals surface area (Å²) in [7, 11) is 0. The molecule has 1 heterocycles. The summed E-state index contributed by atoms with van der Waals surface area (Å²) in [6, 6.07) is -0.191. The quantitative estimate of drug-likeness (QED) is 0.677. The van der Waals surface area contributed by atoms with Crippen LogP contribution in [-0.4, -0.2) is 37.9 Å². The molecule has 1 saturated heterocycles. The molecule has 0 spiro atoms. The first-order valence-electron chi connectivity index (χ1n) is 7.24. The van der Waals surface area contributed by atoms with E-state index in [1.165, 1.54) is 0 Å². The summed E-state index contributed by atoms with van der Waals surface area (Å²) < 4.78 is 10.7. The van der Waals surface area contributed by atoms with Crippen LogP contribution in [0.1, 0.15) is 46.5 Å². The van der Waals surface area contributed by atoms with Crippen LogP contribution in [0.15, 0.2) is 0 Å². The van der Waals surface area contributed by atoms with Crippen molar-refractivity contribution in [3.05, 3.63) is 0 Å². The molecule has 0 aromatic heterocycles. The third-order valence-electron chi connectivity index (χ3n) is 3.65. The summed E-state index contributed by atoms with van der Waals surface area (Å²) in [5.74, 6) is 0.217. The largest absolute Gasteiger partial charge is 0.465 e. The number of nitrogens with one attached hydrogen (secondary N) is 1. The SMILES string of the molecule is CCOC(=O)C(NCC1CCCO1)C(CC)CC. The van der Waals surface area contributed by atoms with E-state index in [0.29, 0.717) is 12.5 Å². The molecular formula is C14H27NO3. The highest BCUT2D eigenvalue weighted by molar-refractivity contribution is 5.76. The van der Waals surface area contributed by atoms with E-state index in [4.69, 9.17) is 9.47 Å². The number of hydrogen-bond acceptors (Lipinski definition) is 4. The first-order valence-corrected chi connectivity index (χ1v) is 7.24. The van der Waals surface area contributed by atoms with Crippen LogP contribution in [0.3, 0.4) is 0 Å². The number of carbonyl (C=O) groups excluding carboxylic acids is 1. The summed E-state index contributed by atoms with van der Waals surface area (Å²) >= 11 is 0. The van der Waals surface area contributed by atoms with Gasteiger partial charge in [0.1, 0.15) is 6.04 Å². The lowest BCUT2D eigenvalue weighted by molar-refractivity contribution is -0.147. The third-order valence-corrected chi connectivity index (χ3v) is 3.65. The highest BCUT2D eigenvalue weighted by Crippen LogP contribution is 2.16. The van der Waals surface area contributed by atoms with Crippen LogP contribution in [-0.2, 0) is 14.3 Å². The first-order chi connectivity index (χ1) is 8.72. The summed E-state index contributed by atoms with van der Waals surface area (Å²) in [4.78, 5) is 12.0. The number of carbonyl (C=O) groups is 1. The van der Waals surface area contributed by atoms with Crippen LogP contribution in [0, 0.1) is 5.92 Å².